The minimum Gasteiger partial charge on any atom is -0.340 e. The predicted molar refractivity (Wildman–Crippen MR) is 73.4 cm³/mol. The number of hydrazine groups is 1. The van der Waals surface area contributed by atoms with Crippen molar-refractivity contribution in [2.24, 2.45) is 5.84 Å². The first-order valence-electron chi connectivity index (χ1n) is 5.34. The van der Waals surface area contributed by atoms with Crippen LogP contribution in [0, 0.1) is 15.9 Å². The van der Waals surface area contributed by atoms with Crippen LogP contribution in [-0.2, 0) is 0 Å². The molecule has 7 nitrogen and oxygen atoms in total. The number of hydrogen-bond acceptors (Lipinski definition) is 6. The Hall–Kier alpha value is -2.45. The molecule has 1 aromatic heterocycles. The molecular formula is C11H9ClFN5O2. The summed E-state index contributed by atoms with van der Waals surface area (Å²) in [6.07, 6.45) is 0. The monoisotopic (exact) mass is 297 g/mol. The number of pyridine rings is 1. The van der Waals surface area contributed by atoms with Crippen LogP contribution in [-0.4, -0.2) is 9.91 Å². The van der Waals surface area contributed by atoms with Gasteiger partial charge in [0.25, 0.3) is 5.69 Å². The van der Waals surface area contributed by atoms with E-state index in [2.05, 4.69) is 15.7 Å². The highest BCUT2D eigenvalue weighted by Crippen LogP contribution is 2.25. The van der Waals surface area contributed by atoms with Crippen molar-refractivity contribution in [2.45, 2.75) is 0 Å². The number of nitrogens with one attached hydrogen (secondary N) is 2. The van der Waals surface area contributed by atoms with E-state index >= 15 is 0 Å². The average molecular weight is 298 g/mol. The number of nitrogens with zero attached hydrogens (tertiary/aromatic N) is 2. The molecule has 0 amide bonds. The van der Waals surface area contributed by atoms with Gasteiger partial charge in [0.2, 0.25) is 0 Å². The topological polar surface area (TPSA) is 106 Å². The van der Waals surface area contributed by atoms with Gasteiger partial charge >= 0.3 is 0 Å². The van der Waals surface area contributed by atoms with Crippen LogP contribution in [0.25, 0.3) is 0 Å². The molecule has 0 unspecified atom stereocenters. The molecule has 104 valence electrons. The van der Waals surface area contributed by atoms with Crippen LogP contribution in [0.4, 0.5) is 27.4 Å². The summed E-state index contributed by atoms with van der Waals surface area (Å²) in [5.41, 5.74) is 2.32. The first-order chi connectivity index (χ1) is 9.47. The molecule has 0 aliphatic carbocycles. The van der Waals surface area contributed by atoms with E-state index in [0.717, 1.165) is 6.07 Å². The zero-order chi connectivity index (χ0) is 14.7. The summed E-state index contributed by atoms with van der Waals surface area (Å²) in [6.45, 7) is 0. The lowest BCUT2D eigenvalue weighted by molar-refractivity contribution is -0.384. The third kappa shape index (κ3) is 3.31. The van der Waals surface area contributed by atoms with Gasteiger partial charge in [-0.05, 0) is 18.2 Å². The first-order valence-corrected chi connectivity index (χ1v) is 5.72. The summed E-state index contributed by atoms with van der Waals surface area (Å²) < 4.78 is 13.2. The highest BCUT2D eigenvalue weighted by Gasteiger charge is 2.11. The Balaban J connectivity index is 2.37. The second-order valence-corrected chi connectivity index (χ2v) is 4.22. The summed E-state index contributed by atoms with van der Waals surface area (Å²) >= 11 is 5.72. The SMILES string of the molecule is NNc1cc([N+](=O)[O-])cc(Nc2cc(F)cc(Cl)c2)n1. The Morgan fingerprint density at radius 3 is 2.55 bits per heavy atom. The standard InChI is InChI=1S/C11H9ClFN5O2/c12-6-1-7(13)3-8(2-6)15-10-4-9(18(19)20)5-11(16-10)17-14/h1-5H,14H2,(H2,15,16,17). The molecule has 0 saturated heterocycles. The summed E-state index contributed by atoms with van der Waals surface area (Å²) in [5.74, 6) is 4.88. The summed E-state index contributed by atoms with van der Waals surface area (Å²) in [4.78, 5) is 14.2. The third-order valence-electron chi connectivity index (χ3n) is 2.30. The lowest BCUT2D eigenvalue weighted by Crippen LogP contribution is -2.10. The summed E-state index contributed by atoms with van der Waals surface area (Å²) in [7, 11) is 0. The Labute approximate surface area is 117 Å². The van der Waals surface area contributed by atoms with Gasteiger partial charge in [-0.3, -0.25) is 10.1 Å². The molecule has 0 fully saturated rings. The van der Waals surface area contributed by atoms with Crippen molar-refractivity contribution in [3.8, 4) is 0 Å². The minimum absolute atomic E-state index is 0.101. The zero-order valence-corrected chi connectivity index (χ0v) is 10.7. The van der Waals surface area contributed by atoms with Crippen molar-refractivity contribution in [1.82, 2.24) is 4.98 Å². The van der Waals surface area contributed by atoms with Gasteiger partial charge in [0.05, 0.1) is 17.1 Å². The molecule has 2 aromatic rings. The van der Waals surface area contributed by atoms with Gasteiger partial charge in [0.15, 0.2) is 0 Å². The zero-order valence-electron chi connectivity index (χ0n) is 9.93. The molecule has 4 N–H and O–H groups in total. The molecular weight excluding hydrogens is 289 g/mol. The molecule has 0 bridgehead atoms. The Morgan fingerprint density at radius 1 is 1.25 bits per heavy atom. The number of nitrogens with two attached hydrogens (primary N) is 1. The maximum absolute atomic E-state index is 13.2. The molecule has 1 aromatic carbocycles. The molecule has 0 spiro atoms. The number of aromatic nitrogens is 1. The fraction of sp³-hybridized carbons (Fsp3) is 0. The molecule has 20 heavy (non-hydrogen) atoms. The van der Waals surface area contributed by atoms with Gasteiger partial charge in [-0.2, -0.15) is 0 Å². The van der Waals surface area contributed by atoms with E-state index in [1.54, 1.807) is 0 Å². The molecule has 1 heterocycles. The van der Waals surface area contributed by atoms with E-state index in [1.165, 1.54) is 24.3 Å². The van der Waals surface area contributed by atoms with Gasteiger partial charge in [-0.25, -0.2) is 15.2 Å². The normalized spacial score (nSPS) is 10.2. The number of benzene rings is 1. The van der Waals surface area contributed by atoms with Crippen LogP contribution in [0.3, 0.4) is 0 Å². The molecule has 0 atom stereocenters. The van der Waals surface area contributed by atoms with E-state index in [-0.39, 0.29) is 22.3 Å². The number of rotatable bonds is 4. The Bertz CT molecular complexity index is 647. The van der Waals surface area contributed by atoms with Crippen molar-refractivity contribution < 1.29 is 9.31 Å². The second-order valence-electron chi connectivity index (χ2n) is 3.78. The number of hydrogen-bond donors (Lipinski definition) is 3. The highest BCUT2D eigenvalue weighted by atomic mass is 35.5. The van der Waals surface area contributed by atoms with Gasteiger partial charge in [0.1, 0.15) is 17.5 Å². The molecule has 2 rings (SSSR count). The largest absolute Gasteiger partial charge is 0.340 e. The second kappa shape index (κ2) is 5.68. The maximum Gasteiger partial charge on any atom is 0.276 e. The third-order valence-corrected chi connectivity index (χ3v) is 2.52. The first kappa shape index (κ1) is 14.0. The lowest BCUT2D eigenvalue weighted by atomic mass is 10.3. The van der Waals surface area contributed by atoms with Crippen LogP contribution in [0.2, 0.25) is 5.02 Å². The molecule has 0 aliphatic heterocycles. The number of halogens is 2. The molecule has 0 aliphatic rings. The maximum atomic E-state index is 13.2. The van der Waals surface area contributed by atoms with Crippen molar-refractivity contribution in [3.63, 3.8) is 0 Å². The molecule has 9 heteroatoms. The van der Waals surface area contributed by atoms with E-state index in [9.17, 15) is 14.5 Å². The average Bonchev–Trinajstić information content (AvgIpc) is 2.36. The van der Waals surface area contributed by atoms with Crippen LogP contribution >= 0.6 is 11.6 Å². The van der Waals surface area contributed by atoms with Crippen molar-refractivity contribution in [3.05, 3.63) is 51.3 Å². The highest BCUT2D eigenvalue weighted by molar-refractivity contribution is 6.30. The predicted octanol–water partition coefficient (Wildman–Crippen LogP) is 2.81. The van der Waals surface area contributed by atoms with Gasteiger partial charge in [0, 0.05) is 10.7 Å². The Kier molecular flexibility index (Phi) is 3.97. The van der Waals surface area contributed by atoms with E-state index in [1.807, 2.05) is 0 Å². The van der Waals surface area contributed by atoms with Crippen molar-refractivity contribution >= 4 is 34.6 Å². The van der Waals surface area contributed by atoms with Crippen LogP contribution in [0.5, 0.6) is 0 Å². The van der Waals surface area contributed by atoms with Gasteiger partial charge < -0.3 is 10.7 Å². The van der Waals surface area contributed by atoms with Crippen molar-refractivity contribution in [1.29, 1.82) is 0 Å². The fourth-order valence-electron chi connectivity index (χ4n) is 1.53. The fourth-order valence-corrected chi connectivity index (χ4v) is 1.76. The molecule has 0 radical (unpaired) electrons. The van der Waals surface area contributed by atoms with E-state index < -0.39 is 10.7 Å². The number of anilines is 3. The summed E-state index contributed by atoms with van der Waals surface area (Å²) in [6, 6.07) is 6.15. The Morgan fingerprint density at radius 2 is 1.95 bits per heavy atom. The van der Waals surface area contributed by atoms with Crippen LogP contribution < -0.4 is 16.6 Å². The van der Waals surface area contributed by atoms with E-state index in [4.69, 9.17) is 17.4 Å². The minimum atomic E-state index is -0.591. The number of nitrogen functional groups attached to an aromatic ring is 1. The number of nitro groups is 1. The van der Waals surface area contributed by atoms with Gasteiger partial charge in [-0.1, -0.05) is 11.6 Å². The smallest absolute Gasteiger partial charge is 0.276 e. The lowest BCUT2D eigenvalue weighted by Gasteiger charge is -2.08. The van der Waals surface area contributed by atoms with Crippen LogP contribution in [0.1, 0.15) is 0 Å². The quantitative estimate of drug-likeness (QED) is 0.455. The molecule has 0 saturated carbocycles. The van der Waals surface area contributed by atoms with Crippen LogP contribution in [0.15, 0.2) is 30.3 Å². The van der Waals surface area contributed by atoms with Gasteiger partial charge in [-0.15, -0.1) is 0 Å². The summed E-state index contributed by atoms with van der Waals surface area (Å²) in [5, 5.41) is 13.7. The van der Waals surface area contributed by atoms with E-state index in [0.29, 0.717) is 5.69 Å². The van der Waals surface area contributed by atoms with Crippen molar-refractivity contribution in [2.75, 3.05) is 10.7 Å².